The normalized spacial score (nSPS) is 12.6. The minimum atomic E-state index is -0.435. The fraction of sp³-hybridized carbons (Fsp3) is 0.286. The van der Waals surface area contributed by atoms with Crippen LogP contribution in [0.25, 0.3) is 0 Å². The summed E-state index contributed by atoms with van der Waals surface area (Å²) in [5.74, 6) is 0. The molecule has 17 heavy (non-hydrogen) atoms. The van der Waals surface area contributed by atoms with Crippen molar-refractivity contribution < 1.29 is 5.11 Å². The van der Waals surface area contributed by atoms with E-state index < -0.39 is 6.10 Å². The van der Waals surface area contributed by atoms with Crippen LogP contribution in [0.5, 0.6) is 0 Å². The van der Waals surface area contributed by atoms with E-state index >= 15 is 0 Å². The van der Waals surface area contributed by atoms with E-state index in [2.05, 4.69) is 11.4 Å². The molecule has 0 saturated heterocycles. The first kappa shape index (κ1) is 12.6. The molecule has 1 heterocycles. The molecule has 1 unspecified atom stereocenters. The van der Waals surface area contributed by atoms with Crippen molar-refractivity contribution in [2.75, 3.05) is 0 Å². The van der Waals surface area contributed by atoms with Gasteiger partial charge in [0, 0.05) is 9.90 Å². The van der Waals surface area contributed by atoms with E-state index in [1.54, 1.807) is 11.3 Å². The maximum Gasteiger partial charge on any atom is 0.0794 e. The Balaban J connectivity index is 1.99. The largest absolute Gasteiger partial charge is 0.388 e. The van der Waals surface area contributed by atoms with Crippen LogP contribution in [0, 0.1) is 6.92 Å². The molecule has 1 aromatic heterocycles. The highest BCUT2D eigenvalue weighted by Gasteiger charge is 2.09. The number of hydrogen-bond donors (Lipinski definition) is 1. The number of aliphatic hydroxyl groups is 1. The van der Waals surface area contributed by atoms with Gasteiger partial charge in [0.25, 0.3) is 0 Å². The van der Waals surface area contributed by atoms with Gasteiger partial charge in [-0.2, -0.15) is 0 Å². The Bertz CT molecular complexity index is 479. The molecule has 0 fully saturated rings. The maximum atomic E-state index is 10.1. The Kier molecular flexibility index (Phi) is 4.21. The predicted molar refractivity (Wildman–Crippen MR) is 73.8 cm³/mol. The third-order valence-corrected chi connectivity index (χ3v) is 4.17. The zero-order valence-electron chi connectivity index (χ0n) is 9.69. The van der Waals surface area contributed by atoms with Gasteiger partial charge in [-0.15, -0.1) is 11.3 Å². The van der Waals surface area contributed by atoms with Crippen molar-refractivity contribution in [2.24, 2.45) is 0 Å². The smallest absolute Gasteiger partial charge is 0.0794 e. The van der Waals surface area contributed by atoms with Crippen LogP contribution < -0.4 is 0 Å². The van der Waals surface area contributed by atoms with E-state index in [0.717, 1.165) is 29.0 Å². The van der Waals surface area contributed by atoms with Crippen molar-refractivity contribution in [1.82, 2.24) is 0 Å². The highest BCUT2D eigenvalue weighted by atomic mass is 35.5. The second kappa shape index (κ2) is 5.67. The number of rotatable bonds is 4. The average molecular weight is 267 g/mol. The van der Waals surface area contributed by atoms with Crippen LogP contribution in [-0.2, 0) is 6.42 Å². The molecule has 0 spiro atoms. The lowest BCUT2D eigenvalue weighted by Crippen LogP contribution is -1.99. The summed E-state index contributed by atoms with van der Waals surface area (Å²) in [4.78, 5) is 1.31. The molecule has 1 atom stereocenters. The minimum Gasteiger partial charge on any atom is -0.388 e. The van der Waals surface area contributed by atoms with Gasteiger partial charge in [-0.05, 0) is 48.4 Å². The SMILES string of the molecule is Cc1ccc(C(O)CCc2cccs2)cc1Cl. The fourth-order valence-corrected chi connectivity index (χ4v) is 2.63. The molecule has 0 saturated carbocycles. The third-order valence-electron chi connectivity index (χ3n) is 2.82. The highest BCUT2D eigenvalue weighted by Crippen LogP contribution is 2.25. The van der Waals surface area contributed by atoms with Gasteiger partial charge in [0.1, 0.15) is 0 Å². The van der Waals surface area contributed by atoms with E-state index in [1.165, 1.54) is 4.88 Å². The maximum absolute atomic E-state index is 10.1. The van der Waals surface area contributed by atoms with E-state index in [4.69, 9.17) is 11.6 Å². The van der Waals surface area contributed by atoms with Gasteiger partial charge in [-0.25, -0.2) is 0 Å². The van der Waals surface area contributed by atoms with Crippen molar-refractivity contribution in [3.05, 3.63) is 56.7 Å². The monoisotopic (exact) mass is 266 g/mol. The minimum absolute atomic E-state index is 0.435. The van der Waals surface area contributed by atoms with Gasteiger partial charge in [-0.3, -0.25) is 0 Å². The van der Waals surface area contributed by atoms with Crippen molar-refractivity contribution in [3.8, 4) is 0 Å². The van der Waals surface area contributed by atoms with Crippen LogP contribution >= 0.6 is 22.9 Å². The molecule has 90 valence electrons. The Labute approximate surface area is 111 Å². The highest BCUT2D eigenvalue weighted by molar-refractivity contribution is 7.09. The van der Waals surface area contributed by atoms with Gasteiger partial charge >= 0.3 is 0 Å². The predicted octanol–water partition coefficient (Wildman–Crippen LogP) is 4.38. The van der Waals surface area contributed by atoms with Gasteiger partial charge in [0.2, 0.25) is 0 Å². The van der Waals surface area contributed by atoms with E-state index in [9.17, 15) is 5.11 Å². The van der Waals surface area contributed by atoms with Crippen LogP contribution in [0.15, 0.2) is 35.7 Å². The summed E-state index contributed by atoms with van der Waals surface area (Å²) in [5.41, 5.74) is 1.94. The summed E-state index contributed by atoms with van der Waals surface area (Å²) in [5, 5.41) is 12.9. The summed E-state index contributed by atoms with van der Waals surface area (Å²) < 4.78 is 0. The van der Waals surface area contributed by atoms with E-state index in [1.807, 2.05) is 31.2 Å². The molecule has 0 amide bonds. The lowest BCUT2D eigenvalue weighted by atomic mass is 10.0. The van der Waals surface area contributed by atoms with Crippen LogP contribution in [0.4, 0.5) is 0 Å². The quantitative estimate of drug-likeness (QED) is 0.871. The number of thiophene rings is 1. The molecule has 0 bridgehead atoms. The molecule has 2 aromatic rings. The third kappa shape index (κ3) is 3.32. The van der Waals surface area contributed by atoms with Gasteiger partial charge < -0.3 is 5.11 Å². The number of aliphatic hydroxyl groups excluding tert-OH is 1. The van der Waals surface area contributed by atoms with Crippen LogP contribution in [0.3, 0.4) is 0 Å². The van der Waals surface area contributed by atoms with Crippen molar-refractivity contribution in [1.29, 1.82) is 0 Å². The van der Waals surface area contributed by atoms with Gasteiger partial charge in [-0.1, -0.05) is 29.8 Å². The summed E-state index contributed by atoms with van der Waals surface area (Å²) in [6.07, 6.45) is 1.21. The Morgan fingerprint density at radius 1 is 1.35 bits per heavy atom. The Morgan fingerprint density at radius 3 is 2.82 bits per heavy atom. The zero-order valence-corrected chi connectivity index (χ0v) is 11.3. The average Bonchev–Trinajstić information content (AvgIpc) is 2.82. The molecular weight excluding hydrogens is 252 g/mol. The number of halogens is 1. The Hall–Kier alpha value is -0.830. The van der Waals surface area contributed by atoms with Crippen molar-refractivity contribution in [2.45, 2.75) is 25.9 Å². The number of aryl methyl sites for hydroxylation is 2. The van der Waals surface area contributed by atoms with Crippen LogP contribution in [0.2, 0.25) is 5.02 Å². The first-order valence-electron chi connectivity index (χ1n) is 5.63. The van der Waals surface area contributed by atoms with E-state index in [0.29, 0.717) is 0 Å². The van der Waals surface area contributed by atoms with Crippen molar-refractivity contribution in [3.63, 3.8) is 0 Å². The molecule has 2 rings (SSSR count). The number of hydrogen-bond acceptors (Lipinski definition) is 2. The Morgan fingerprint density at radius 2 is 2.18 bits per heavy atom. The summed E-state index contributed by atoms with van der Waals surface area (Å²) in [7, 11) is 0. The first-order chi connectivity index (χ1) is 8.16. The van der Waals surface area contributed by atoms with Crippen molar-refractivity contribution >= 4 is 22.9 Å². The molecular formula is C14H15ClOS. The molecule has 1 aromatic carbocycles. The zero-order chi connectivity index (χ0) is 12.3. The second-order valence-electron chi connectivity index (χ2n) is 4.14. The topological polar surface area (TPSA) is 20.2 Å². The molecule has 3 heteroatoms. The molecule has 0 aliphatic rings. The number of benzene rings is 1. The molecule has 0 aliphatic heterocycles. The molecule has 1 nitrogen and oxygen atoms in total. The molecule has 0 aliphatic carbocycles. The standard InChI is InChI=1S/C14H15ClOS/c1-10-4-5-11(9-13(10)15)14(16)7-6-12-3-2-8-17-12/h2-5,8-9,14,16H,6-7H2,1H3. The first-order valence-corrected chi connectivity index (χ1v) is 6.89. The summed E-state index contributed by atoms with van der Waals surface area (Å²) >= 11 is 7.78. The van der Waals surface area contributed by atoms with Gasteiger partial charge in [0.05, 0.1) is 6.10 Å². The second-order valence-corrected chi connectivity index (χ2v) is 5.58. The van der Waals surface area contributed by atoms with Gasteiger partial charge in [0.15, 0.2) is 0 Å². The van der Waals surface area contributed by atoms with Crippen LogP contribution in [-0.4, -0.2) is 5.11 Å². The summed E-state index contributed by atoms with van der Waals surface area (Å²) in [6, 6.07) is 9.89. The molecule has 0 radical (unpaired) electrons. The molecule has 1 N–H and O–H groups in total. The van der Waals surface area contributed by atoms with Crippen LogP contribution in [0.1, 0.15) is 28.5 Å². The summed E-state index contributed by atoms with van der Waals surface area (Å²) in [6.45, 7) is 1.96. The van der Waals surface area contributed by atoms with E-state index in [-0.39, 0.29) is 0 Å². The lowest BCUT2D eigenvalue weighted by molar-refractivity contribution is 0.168. The fourth-order valence-electron chi connectivity index (χ4n) is 1.72. The lowest BCUT2D eigenvalue weighted by Gasteiger charge is -2.11.